The van der Waals surface area contributed by atoms with Gasteiger partial charge in [0.25, 0.3) is 0 Å². The molecule has 0 spiro atoms. The van der Waals surface area contributed by atoms with Gasteiger partial charge in [0.05, 0.1) is 13.2 Å². The first-order valence-corrected chi connectivity index (χ1v) is 11.5. The fourth-order valence-electron chi connectivity index (χ4n) is 2.07. The Morgan fingerprint density at radius 2 is 0.870 bits per heavy atom. The van der Waals surface area contributed by atoms with Gasteiger partial charge in [-0.1, -0.05) is 95.6 Å². The molecular weight excluding hydrogens is 688 g/mol. The molecule has 0 amide bonds. The largest absolute Gasteiger partial charge is 0.381 e. The summed E-state index contributed by atoms with van der Waals surface area (Å²) in [6.07, 6.45) is 1.72. The molecule has 0 saturated heterocycles. The Morgan fingerprint density at radius 1 is 0.565 bits per heavy atom. The average Bonchev–Trinajstić information content (AvgIpc) is 2.42. The van der Waals surface area contributed by atoms with Crippen molar-refractivity contribution in [2.24, 2.45) is 0 Å². The molecule has 0 N–H and O–H groups in total. The first-order valence-electron chi connectivity index (χ1n) is 6.73. The van der Waals surface area contributed by atoms with Gasteiger partial charge in [0.2, 0.25) is 0 Å². The third kappa shape index (κ3) is 6.19. The van der Waals surface area contributed by atoms with Crippen LogP contribution in [0.25, 0.3) is 0 Å². The molecule has 0 radical (unpaired) electrons. The lowest BCUT2D eigenvalue weighted by Gasteiger charge is -2.11. The minimum absolute atomic E-state index is 0.685. The quantitative estimate of drug-likeness (QED) is 0.278. The molecule has 1 nitrogen and oxygen atoms in total. The van der Waals surface area contributed by atoms with E-state index in [2.05, 4.69) is 120 Å². The van der Waals surface area contributed by atoms with Crippen LogP contribution in [0.5, 0.6) is 0 Å². The Kier molecular flexibility index (Phi) is 8.80. The van der Waals surface area contributed by atoms with Gasteiger partial charge in [0, 0.05) is 26.8 Å². The molecule has 0 heterocycles. The van der Waals surface area contributed by atoms with Crippen molar-refractivity contribution in [3.63, 3.8) is 0 Å². The van der Waals surface area contributed by atoms with Crippen LogP contribution < -0.4 is 0 Å². The summed E-state index contributed by atoms with van der Waals surface area (Å²) < 4.78 is 12.2. The van der Waals surface area contributed by atoms with E-state index in [0.29, 0.717) is 13.2 Å². The molecule has 0 atom stereocenters. The maximum absolute atomic E-state index is 5.82. The van der Waals surface area contributed by atoms with Gasteiger partial charge in [-0.15, -0.1) is 0 Å². The fraction of sp³-hybridized carbons (Fsp3) is 0.250. The second-order valence-electron chi connectivity index (χ2n) is 4.81. The van der Waals surface area contributed by atoms with Gasteiger partial charge in [-0.05, 0) is 48.2 Å². The van der Waals surface area contributed by atoms with Crippen molar-refractivity contribution < 1.29 is 4.74 Å². The molecule has 0 fully saturated rings. The lowest BCUT2D eigenvalue weighted by Crippen LogP contribution is -2.04. The van der Waals surface area contributed by atoms with Crippen LogP contribution in [-0.2, 0) is 17.6 Å². The van der Waals surface area contributed by atoms with E-state index < -0.39 is 0 Å². The molecule has 0 unspecified atom stereocenters. The zero-order valence-corrected chi connectivity index (χ0v) is 21.3. The summed E-state index contributed by atoms with van der Waals surface area (Å²) in [5, 5.41) is 0. The topological polar surface area (TPSA) is 9.23 Å². The Morgan fingerprint density at radius 3 is 1.17 bits per heavy atom. The van der Waals surface area contributed by atoms with Crippen molar-refractivity contribution >= 4 is 95.6 Å². The fourth-order valence-corrected chi connectivity index (χ4v) is 7.38. The number of benzene rings is 2. The zero-order valence-electron chi connectivity index (χ0n) is 11.8. The number of halogens is 6. The standard InChI is InChI=1S/C16H12Br6O/c17-9-5-13(19)11(14(20)6-9)1-3-23-4-2-12-15(21)7-10(18)8-16(12)22/h5-8H,1-4H2. The molecule has 0 aromatic heterocycles. The van der Waals surface area contributed by atoms with E-state index in [9.17, 15) is 0 Å². The van der Waals surface area contributed by atoms with E-state index in [-0.39, 0.29) is 0 Å². The van der Waals surface area contributed by atoms with Gasteiger partial charge in [-0.2, -0.15) is 0 Å². The summed E-state index contributed by atoms with van der Waals surface area (Å²) in [5.41, 5.74) is 2.44. The minimum Gasteiger partial charge on any atom is -0.381 e. The molecule has 0 saturated carbocycles. The Balaban J connectivity index is 1.85. The van der Waals surface area contributed by atoms with Crippen LogP contribution in [0, 0.1) is 0 Å². The van der Waals surface area contributed by atoms with Crippen LogP contribution in [0.3, 0.4) is 0 Å². The van der Waals surface area contributed by atoms with Crippen LogP contribution in [0.1, 0.15) is 11.1 Å². The monoisotopic (exact) mass is 694 g/mol. The smallest absolute Gasteiger partial charge is 0.0507 e. The molecule has 2 aromatic carbocycles. The molecule has 0 bridgehead atoms. The number of hydrogen-bond donors (Lipinski definition) is 0. The molecule has 0 aliphatic carbocycles. The van der Waals surface area contributed by atoms with Crippen molar-refractivity contribution in [2.45, 2.75) is 12.8 Å². The van der Waals surface area contributed by atoms with Crippen LogP contribution in [0.2, 0.25) is 0 Å². The molecule has 23 heavy (non-hydrogen) atoms. The molecule has 0 aliphatic heterocycles. The van der Waals surface area contributed by atoms with E-state index in [1.807, 2.05) is 0 Å². The highest BCUT2D eigenvalue weighted by Gasteiger charge is 2.09. The third-order valence-electron chi connectivity index (χ3n) is 3.20. The van der Waals surface area contributed by atoms with Gasteiger partial charge in [0.15, 0.2) is 0 Å². The first kappa shape index (κ1) is 20.6. The average molecular weight is 700 g/mol. The van der Waals surface area contributed by atoms with Crippen molar-refractivity contribution in [1.82, 2.24) is 0 Å². The van der Waals surface area contributed by atoms with Gasteiger partial charge in [-0.3, -0.25) is 0 Å². The highest BCUT2D eigenvalue weighted by atomic mass is 79.9. The van der Waals surface area contributed by atoms with Gasteiger partial charge < -0.3 is 4.74 Å². The summed E-state index contributed by atoms with van der Waals surface area (Å²) in [4.78, 5) is 0. The van der Waals surface area contributed by atoms with Crippen LogP contribution in [-0.4, -0.2) is 13.2 Å². The van der Waals surface area contributed by atoms with Crippen LogP contribution in [0.15, 0.2) is 51.1 Å². The molecular formula is C16H12Br6O. The van der Waals surface area contributed by atoms with Crippen molar-refractivity contribution in [2.75, 3.05) is 13.2 Å². The molecule has 2 aromatic rings. The number of hydrogen-bond acceptors (Lipinski definition) is 1. The summed E-state index contributed by atoms with van der Waals surface area (Å²) in [5.74, 6) is 0. The first-order chi connectivity index (χ1) is 10.9. The normalized spacial score (nSPS) is 11.0. The van der Waals surface area contributed by atoms with Gasteiger partial charge >= 0.3 is 0 Å². The molecule has 7 heteroatoms. The Bertz CT molecular complexity index is 595. The highest BCUT2D eigenvalue weighted by molar-refractivity contribution is 9.12. The van der Waals surface area contributed by atoms with Gasteiger partial charge in [-0.25, -0.2) is 0 Å². The Hall–Kier alpha value is 1.28. The maximum Gasteiger partial charge on any atom is 0.0507 e. The molecule has 124 valence electrons. The highest BCUT2D eigenvalue weighted by Crippen LogP contribution is 2.31. The van der Waals surface area contributed by atoms with Crippen molar-refractivity contribution in [3.05, 3.63) is 62.2 Å². The van der Waals surface area contributed by atoms with E-state index in [1.54, 1.807) is 0 Å². The second kappa shape index (κ2) is 9.83. The Labute approximate surface area is 186 Å². The number of rotatable bonds is 6. The predicted molar refractivity (Wildman–Crippen MR) is 117 cm³/mol. The summed E-state index contributed by atoms with van der Waals surface area (Å²) in [6.45, 7) is 1.37. The van der Waals surface area contributed by atoms with Crippen LogP contribution in [0.4, 0.5) is 0 Å². The molecule has 0 aliphatic rings. The van der Waals surface area contributed by atoms with E-state index >= 15 is 0 Å². The zero-order chi connectivity index (χ0) is 17.0. The lowest BCUT2D eigenvalue weighted by molar-refractivity contribution is 0.140. The summed E-state index contributed by atoms with van der Waals surface area (Å²) in [7, 11) is 0. The van der Waals surface area contributed by atoms with Crippen molar-refractivity contribution in [3.8, 4) is 0 Å². The summed E-state index contributed by atoms with van der Waals surface area (Å²) >= 11 is 21.4. The second-order valence-corrected chi connectivity index (χ2v) is 10.1. The third-order valence-corrected chi connectivity index (χ3v) is 6.95. The predicted octanol–water partition coefficient (Wildman–Crippen LogP) is 8.06. The maximum atomic E-state index is 5.82. The molecule has 2 rings (SSSR count). The minimum atomic E-state index is 0.685. The van der Waals surface area contributed by atoms with Crippen LogP contribution >= 0.6 is 95.6 Å². The van der Waals surface area contributed by atoms with Crippen molar-refractivity contribution in [1.29, 1.82) is 0 Å². The SMILES string of the molecule is Brc1cc(Br)c(CCOCCc2c(Br)cc(Br)cc2Br)c(Br)c1. The van der Waals surface area contributed by atoms with E-state index in [4.69, 9.17) is 4.74 Å². The van der Waals surface area contributed by atoms with E-state index in [0.717, 1.165) is 39.7 Å². The van der Waals surface area contributed by atoms with Gasteiger partial charge in [0.1, 0.15) is 0 Å². The lowest BCUT2D eigenvalue weighted by atomic mass is 10.1. The number of ether oxygens (including phenoxy) is 1. The van der Waals surface area contributed by atoms with E-state index in [1.165, 1.54) is 11.1 Å². The summed E-state index contributed by atoms with van der Waals surface area (Å²) in [6, 6.07) is 8.21.